The maximum atomic E-state index is 11.6. The molecule has 0 fully saturated rings. The Bertz CT molecular complexity index is 356. The van der Waals surface area contributed by atoms with E-state index in [2.05, 4.69) is 0 Å². The molecule has 0 spiro atoms. The second kappa shape index (κ2) is 3.29. The second-order valence-corrected chi connectivity index (χ2v) is 5.78. The van der Waals surface area contributed by atoms with E-state index in [1.165, 1.54) is 5.41 Å². The third kappa shape index (κ3) is 1.85. The smallest absolute Gasteiger partial charge is 0.196 e. The molecule has 2 nitrogen and oxygen atoms in total. The van der Waals surface area contributed by atoms with Crippen LogP contribution in [0.3, 0.4) is 0 Å². The Balaban J connectivity index is 3.29. The summed E-state index contributed by atoms with van der Waals surface area (Å²) in [5.74, 6) is 0.364. The second-order valence-electron chi connectivity index (χ2n) is 3.98. The number of hydrogen-bond donors (Lipinski definition) is 0. The average Bonchev–Trinajstić information content (AvgIpc) is 2.24. The largest absolute Gasteiger partial charge is 0.219 e. The molecule has 0 N–H and O–H groups in total. The molecule has 1 aliphatic heterocycles. The van der Waals surface area contributed by atoms with Gasteiger partial charge < -0.3 is 0 Å². The lowest BCUT2D eigenvalue weighted by Crippen LogP contribution is -2.07. The van der Waals surface area contributed by atoms with E-state index in [-0.39, 0.29) is 11.8 Å². The zero-order chi connectivity index (χ0) is 10.2. The van der Waals surface area contributed by atoms with Gasteiger partial charge in [-0.25, -0.2) is 8.42 Å². The van der Waals surface area contributed by atoms with Crippen LogP contribution in [0.2, 0.25) is 0 Å². The first-order valence-electron chi connectivity index (χ1n) is 4.53. The van der Waals surface area contributed by atoms with Gasteiger partial charge in [0.05, 0.1) is 4.91 Å². The van der Waals surface area contributed by atoms with Crippen LogP contribution in [-0.2, 0) is 9.84 Å². The molecule has 74 valence electrons. The fraction of sp³-hybridized carbons (Fsp3) is 0.600. The highest BCUT2D eigenvalue weighted by atomic mass is 32.2. The molecular formula is C10H16O2S. The van der Waals surface area contributed by atoms with Crippen LogP contribution in [0.4, 0.5) is 0 Å². The predicted molar refractivity (Wildman–Crippen MR) is 54.8 cm³/mol. The average molecular weight is 200 g/mol. The Kier molecular flexibility index (Phi) is 2.66. The molecule has 0 aromatic heterocycles. The molecule has 0 saturated carbocycles. The summed E-state index contributed by atoms with van der Waals surface area (Å²) in [5, 5.41) is 1.32. The van der Waals surface area contributed by atoms with E-state index < -0.39 is 9.84 Å². The lowest BCUT2D eigenvalue weighted by atomic mass is 9.99. The molecule has 0 aliphatic carbocycles. The van der Waals surface area contributed by atoms with Crippen LogP contribution in [0.15, 0.2) is 22.0 Å². The normalized spacial score (nSPS) is 20.8. The van der Waals surface area contributed by atoms with Gasteiger partial charge in [-0.3, -0.25) is 0 Å². The van der Waals surface area contributed by atoms with Crippen LogP contribution in [0.1, 0.15) is 27.7 Å². The zero-order valence-corrected chi connectivity index (χ0v) is 9.35. The van der Waals surface area contributed by atoms with Gasteiger partial charge in [0.15, 0.2) is 9.84 Å². The van der Waals surface area contributed by atoms with E-state index in [1.807, 2.05) is 27.7 Å². The van der Waals surface area contributed by atoms with Gasteiger partial charge in [0.25, 0.3) is 0 Å². The number of rotatable bonds is 2. The van der Waals surface area contributed by atoms with E-state index in [0.29, 0.717) is 4.91 Å². The van der Waals surface area contributed by atoms with Crippen molar-refractivity contribution in [3.05, 3.63) is 22.0 Å². The third-order valence-electron chi connectivity index (χ3n) is 2.16. The van der Waals surface area contributed by atoms with Crippen LogP contribution >= 0.6 is 0 Å². The summed E-state index contributed by atoms with van der Waals surface area (Å²) in [6.07, 6.45) is 1.73. The van der Waals surface area contributed by atoms with Gasteiger partial charge >= 0.3 is 0 Å². The zero-order valence-electron chi connectivity index (χ0n) is 8.53. The summed E-state index contributed by atoms with van der Waals surface area (Å²) in [7, 11) is -3.08. The molecule has 0 bridgehead atoms. The first-order valence-corrected chi connectivity index (χ1v) is 6.08. The number of allylic oxidation sites excluding steroid dienone is 3. The van der Waals surface area contributed by atoms with E-state index in [9.17, 15) is 8.42 Å². The van der Waals surface area contributed by atoms with Crippen molar-refractivity contribution in [1.29, 1.82) is 0 Å². The number of sulfone groups is 1. The minimum Gasteiger partial charge on any atom is -0.219 e. The van der Waals surface area contributed by atoms with Crippen molar-refractivity contribution in [2.45, 2.75) is 27.7 Å². The van der Waals surface area contributed by atoms with Crippen LogP contribution < -0.4 is 0 Å². The third-order valence-corrected chi connectivity index (χ3v) is 3.98. The quantitative estimate of drug-likeness (QED) is 0.686. The summed E-state index contributed by atoms with van der Waals surface area (Å²) in [6.45, 7) is 7.87. The first kappa shape index (κ1) is 10.5. The fourth-order valence-electron chi connectivity index (χ4n) is 1.62. The first-order chi connectivity index (χ1) is 5.86. The molecule has 0 aromatic rings. The molecule has 1 rings (SSSR count). The predicted octanol–water partition coefficient (Wildman–Crippen LogP) is 2.49. The van der Waals surface area contributed by atoms with E-state index in [4.69, 9.17) is 0 Å². The summed E-state index contributed by atoms with van der Waals surface area (Å²) in [6, 6.07) is 0. The van der Waals surface area contributed by atoms with Crippen LogP contribution in [0.5, 0.6) is 0 Å². The molecule has 1 aliphatic rings. The van der Waals surface area contributed by atoms with E-state index >= 15 is 0 Å². The van der Waals surface area contributed by atoms with Crippen molar-refractivity contribution in [3.8, 4) is 0 Å². The molecule has 0 amide bonds. The highest BCUT2D eigenvalue weighted by molar-refractivity contribution is 7.98. The van der Waals surface area contributed by atoms with Gasteiger partial charge in [-0.05, 0) is 23.5 Å². The Morgan fingerprint density at radius 1 is 1.08 bits per heavy atom. The SMILES string of the molecule is CC(C)C1=C(C(C)C)S(=O)(=O)C=C1. The molecule has 0 unspecified atom stereocenters. The van der Waals surface area contributed by atoms with Crippen LogP contribution in [0, 0.1) is 11.8 Å². The minimum atomic E-state index is -3.08. The Hall–Kier alpha value is -0.570. The summed E-state index contributed by atoms with van der Waals surface area (Å²) < 4.78 is 23.1. The Morgan fingerprint density at radius 3 is 1.92 bits per heavy atom. The van der Waals surface area contributed by atoms with Gasteiger partial charge in [-0.1, -0.05) is 27.7 Å². The molecule has 13 heavy (non-hydrogen) atoms. The number of hydrogen-bond acceptors (Lipinski definition) is 2. The van der Waals surface area contributed by atoms with Crippen LogP contribution in [-0.4, -0.2) is 8.42 Å². The van der Waals surface area contributed by atoms with Gasteiger partial charge in [0.2, 0.25) is 0 Å². The molecule has 3 heteroatoms. The van der Waals surface area contributed by atoms with Crippen molar-refractivity contribution in [2.24, 2.45) is 11.8 Å². The summed E-state index contributed by atoms with van der Waals surface area (Å²) >= 11 is 0. The molecule has 0 atom stereocenters. The van der Waals surface area contributed by atoms with Crippen molar-refractivity contribution in [3.63, 3.8) is 0 Å². The standard InChI is InChI=1S/C10H16O2S/c1-7(2)9-5-6-13(11,12)10(9)8(3)4/h5-8H,1-4H3. The van der Waals surface area contributed by atoms with Gasteiger partial charge in [-0.2, -0.15) is 0 Å². The van der Waals surface area contributed by atoms with E-state index in [1.54, 1.807) is 6.08 Å². The van der Waals surface area contributed by atoms with Crippen molar-refractivity contribution < 1.29 is 8.42 Å². The molecular weight excluding hydrogens is 184 g/mol. The summed E-state index contributed by atoms with van der Waals surface area (Å²) in [5.41, 5.74) is 0.968. The van der Waals surface area contributed by atoms with Crippen molar-refractivity contribution in [1.82, 2.24) is 0 Å². The minimum absolute atomic E-state index is 0.0809. The van der Waals surface area contributed by atoms with Crippen molar-refractivity contribution >= 4 is 9.84 Å². The molecule has 0 radical (unpaired) electrons. The molecule has 1 heterocycles. The van der Waals surface area contributed by atoms with E-state index in [0.717, 1.165) is 5.57 Å². The lowest BCUT2D eigenvalue weighted by Gasteiger charge is -2.12. The highest BCUT2D eigenvalue weighted by Gasteiger charge is 2.27. The maximum Gasteiger partial charge on any atom is 0.196 e. The van der Waals surface area contributed by atoms with Gasteiger partial charge in [0.1, 0.15) is 0 Å². The van der Waals surface area contributed by atoms with Gasteiger partial charge in [-0.15, -0.1) is 0 Å². The van der Waals surface area contributed by atoms with Crippen molar-refractivity contribution in [2.75, 3.05) is 0 Å². The summed E-state index contributed by atoms with van der Waals surface area (Å²) in [4.78, 5) is 0.600. The Morgan fingerprint density at radius 2 is 1.62 bits per heavy atom. The molecule has 0 saturated heterocycles. The van der Waals surface area contributed by atoms with Crippen LogP contribution in [0.25, 0.3) is 0 Å². The fourth-order valence-corrected chi connectivity index (χ4v) is 3.38. The molecule has 0 aromatic carbocycles. The highest BCUT2D eigenvalue weighted by Crippen LogP contribution is 2.33. The van der Waals surface area contributed by atoms with Gasteiger partial charge in [0, 0.05) is 5.41 Å². The Labute approximate surface area is 80.3 Å². The maximum absolute atomic E-state index is 11.6. The monoisotopic (exact) mass is 200 g/mol. The lowest BCUT2D eigenvalue weighted by molar-refractivity contribution is 0.602. The topological polar surface area (TPSA) is 34.1 Å².